The standard InChI is InChI=1S/C31H41N3O3/c1-5-6-16-26(35)24(19-21-17-18-21)29(36)33-28-30(37)34(20-22-12-8-7-9-13-22)25-15-11-10-14-23(25)27(32-28)31(2,3)4/h7-15,21,24,26,28,35H,5-6,16-20H2,1-4H3,(H,33,36). The minimum Gasteiger partial charge on any atom is -0.392 e. The maximum atomic E-state index is 14.1. The zero-order valence-electron chi connectivity index (χ0n) is 22.6. The van der Waals surface area contributed by atoms with Gasteiger partial charge in [0.2, 0.25) is 12.1 Å². The number of hydrogen-bond acceptors (Lipinski definition) is 4. The summed E-state index contributed by atoms with van der Waals surface area (Å²) in [7, 11) is 0. The normalized spacial score (nSPS) is 19.5. The summed E-state index contributed by atoms with van der Waals surface area (Å²) in [5, 5.41) is 13.9. The number of carbonyl (C=O) groups is 2. The van der Waals surface area contributed by atoms with Gasteiger partial charge in [-0.25, -0.2) is 0 Å². The van der Waals surface area contributed by atoms with Crippen LogP contribution in [0.2, 0.25) is 0 Å². The first-order valence-electron chi connectivity index (χ1n) is 13.7. The first-order valence-corrected chi connectivity index (χ1v) is 13.7. The first-order chi connectivity index (χ1) is 17.7. The molecule has 0 bridgehead atoms. The maximum absolute atomic E-state index is 14.1. The molecule has 1 fully saturated rings. The van der Waals surface area contributed by atoms with E-state index < -0.39 is 18.2 Å². The number of aliphatic imine (C=N–C) groups is 1. The number of unbranched alkanes of at least 4 members (excludes halogenated alkanes) is 1. The van der Waals surface area contributed by atoms with Crippen LogP contribution in [0.25, 0.3) is 0 Å². The van der Waals surface area contributed by atoms with E-state index in [1.807, 2.05) is 54.6 Å². The lowest BCUT2D eigenvalue weighted by atomic mass is 9.84. The molecule has 2 aliphatic rings. The fourth-order valence-corrected chi connectivity index (χ4v) is 5.06. The van der Waals surface area contributed by atoms with E-state index in [9.17, 15) is 14.7 Å². The zero-order chi connectivity index (χ0) is 26.6. The number of fused-ring (bicyclic) bond motifs is 1. The molecular weight excluding hydrogens is 462 g/mol. The highest BCUT2D eigenvalue weighted by atomic mass is 16.3. The molecule has 0 aromatic heterocycles. The molecule has 4 rings (SSSR count). The summed E-state index contributed by atoms with van der Waals surface area (Å²) in [6, 6.07) is 17.7. The predicted octanol–water partition coefficient (Wildman–Crippen LogP) is 5.48. The third-order valence-electron chi connectivity index (χ3n) is 7.32. The van der Waals surface area contributed by atoms with Gasteiger partial charge in [0.1, 0.15) is 0 Å². The molecule has 0 saturated heterocycles. The van der Waals surface area contributed by atoms with Crippen molar-refractivity contribution in [1.82, 2.24) is 5.32 Å². The number of nitrogens with one attached hydrogen (secondary N) is 1. The topological polar surface area (TPSA) is 82.0 Å². The van der Waals surface area contributed by atoms with Crippen LogP contribution in [-0.4, -0.2) is 34.9 Å². The van der Waals surface area contributed by atoms with Crippen LogP contribution in [-0.2, 0) is 16.1 Å². The molecule has 6 nitrogen and oxygen atoms in total. The Kier molecular flexibility index (Phi) is 8.48. The highest BCUT2D eigenvalue weighted by molar-refractivity contribution is 6.15. The van der Waals surface area contributed by atoms with Crippen molar-refractivity contribution in [2.75, 3.05) is 4.90 Å². The second-order valence-electron chi connectivity index (χ2n) is 11.6. The number of nitrogens with zero attached hydrogens (tertiary/aromatic N) is 2. The number of para-hydroxylation sites is 1. The van der Waals surface area contributed by atoms with E-state index in [1.165, 1.54) is 0 Å². The summed E-state index contributed by atoms with van der Waals surface area (Å²) in [5.74, 6) is -0.605. The molecule has 2 aromatic carbocycles. The van der Waals surface area contributed by atoms with Crippen LogP contribution in [0.1, 0.15) is 77.3 Å². The molecule has 1 aliphatic heterocycles. The molecular formula is C31H41N3O3. The fourth-order valence-electron chi connectivity index (χ4n) is 5.06. The Balaban J connectivity index is 1.69. The predicted molar refractivity (Wildman–Crippen MR) is 148 cm³/mol. The quantitative estimate of drug-likeness (QED) is 0.451. The highest BCUT2D eigenvalue weighted by Gasteiger charge is 2.39. The van der Waals surface area contributed by atoms with Crippen molar-refractivity contribution in [2.24, 2.45) is 22.2 Å². The summed E-state index contributed by atoms with van der Waals surface area (Å²) >= 11 is 0. The Morgan fingerprint density at radius 1 is 1.11 bits per heavy atom. The van der Waals surface area contributed by atoms with Gasteiger partial charge in [-0.2, -0.15) is 0 Å². The Morgan fingerprint density at radius 2 is 1.78 bits per heavy atom. The van der Waals surface area contributed by atoms with Crippen LogP contribution in [0.4, 0.5) is 5.69 Å². The molecule has 37 heavy (non-hydrogen) atoms. The lowest BCUT2D eigenvalue weighted by Gasteiger charge is -2.27. The zero-order valence-corrected chi connectivity index (χ0v) is 22.6. The number of anilines is 1. The molecule has 3 unspecified atom stereocenters. The molecule has 2 amide bonds. The SMILES string of the molecule is CCCCC(O)C(CC1CC1)C(=O)NC1N=C(C(C)(C)C)c2ccccc2N(Cc2ccccc2)C1=O. The molecule has 1 saturated carbocycles. The molecule has 2 N–H and O–H groups in total. The Morgan fingerprint density at radius 3 is 2.43 bits per heavy atom. The van der Waals surface area contributed by atoms with E-state index in [4.69, 9.17) is 4.99 Å². The first kappa shape index (κ1) is 27.1. The summed E-state index contributed by atoms with van der Waals surface area (Å²) in [6.07, 6.45) is 3.48. The minimum atomic E-state index is -1.06. The van der Waals surface area contributed by atoms with E-state index >= 15 is 0 Å². The Hall–Kier alpha value is -2.99. The largest absolute Gasteiger partial charge is 0.392 e. The molecule has 2 aromatic rings. The molecule has 3 atom stereocenters. The van der Waals surface area contributed by atoms with Gasteiger partial charge in [-0.1, -0.05) is 102 Å². The Bertz CT molecular complexity index is 1120. The summed E-state index contributed by atoms with van der Waals surface area (Å²) in [5.41, 5.74) is 3.11. The van der Waals surface area contributed by atoms with Gasteiger partial charge in [0.05, 0.1) is 30.0 Å². The number of aliphatic hydroxyl groups excluding tert-OH is 1. The average molecular weight is 504 g/mol. The number of benzene rings is 2. The third-order valence-corrected chi connectivity index (χ3v) is 7.32. The number of amides is 2. The monoisotopic (exact) mass is 503 g/mol. The number of aliphatic hydroxyl groups is 1. The van der Waals surface area contributed by atoms with Crippen molar-refractivity contribution in [3.8, 4) is 0 Å². The van der Waals surface area contributed by atoms with Gasteiger partial charge in [0.15, 0.2) is 0 Å². The second kappa shape index (κ2) is 11.6. The van der Waals surface area contributed by atoms with E-state index in [-0.39, 0.29) is 17.2 Å². The molecule has 0 radical (unpaired) electrons. The van der Waals surface area contributed by atoms with Gasteiger partial charge in [-0.15, -0.1) is 0 Å². The summed E-state index contributed by atoms with van der Waals surface area (Å²) in [6.45, 7) is 8.67. The van der Waals surface area contributed by atoms with Gasteiger partial charge >= 0.3 is 0 Å². The van der Waals surface area contributed by atoms with Gasteiger partial charge < -0.3 is 15.3 Å². The van der Waals surface area contributed by atoms with Gasteiger partial charge in [0.25, 0.3) is 5.91 Å². The van der Waals surface area contributed by atoms with Crippen LogP contribution < -0.4 is 10.2 Å². The van der Waals surface area contributed by atoms with Crippen LogP contribution in [0, 0.1) is 17.3 Å². The van der Waals surface area contributed by atoms with E-state index in [2.05, 4.69) is 33.0 Å². The lowest BCUT2D eigenvalue weighted by Crippen LogP contribution is -2.50. The number of hydrogen-bond donors (Lipinski definition) is 2. The van der Waals surface area contributed by atoms with Gasteiger partial charge in [0, 0.05) is 11.0 Å². The average Bonchev–Trinajstić information content (AvgIpc) is 3.71. The van der Waals surface area contributed by atoms with Crippen molar-refractivity contribution in [3.05, 3.63) is 65.7 Å². The van der Waals surface area contributed by atoms with Crippen molar-refractivity contribution in [1.29, 1.82) is 0 Å². The summed E-state index contributed by atoms with van der Waals surface area (Å²) < 4.78 is 0. The van der Waals surface area contributed by atoms with Crippen LogP contribution >= 0.6 is 0 Å². The molecule has 6 heteroatoms. The molecule has 0 spiro atoms. The second-order valence-corrected chi connectivity index (χ2v) is 11.6. The van der Waals surface area contributed by atoms with Crippen LogP contribution in [0.15, 0.2) is 59.6 Å². The lowest BCUT2D eigenvalue weighted by molar-refractivity contribution is -0.133. The van der Waals surface area contributed by atoms with Crippen LogP contribution in [0.3, 0.4) is 0 Å². The minimum absolute atomic E-state index is 0.267. The molecule has 198 valence electrons. The number of benzodiazepines with no additional fused rings is 1. The molecule has 1 heterocycles. The van der Waals surface area contributed by atoms with Crippen LogP contribution in [0.5, 0.6) is 0 Å². The smallest absolute Gasteiger partial charge is 0.272 e. The number of rotatable bonds is 10. The maximum Gasteiger partial charge on any atom is 0.272 e. The van der Waals surface area contributed by atoms with Gasteiger partial charge in [-0.05, 0) is 30.4 Å². The van der Waals surface area contributed by atoms with Gasteiger partial charge in [-0.3, -0.25) is 14.6 Å². The van der Waals surface area contributed by atoms with Crippen molar-refractivity contribution in [2.45, 2.75) is 85.0 Å². The molecule has 1 aliphatic carbocycles. The van der Waals surface area contributed by atoms with E-state index in [1.54, 1.807) is 4.90 Å². The van der Waals surface area contributed by atoms with Crippen molar-refractivity contribution >= 4 is 23.2 Å². The van der Waals surface area contributed by atoms with E-state index in [0.717, 1.165) is 48.2 Å². The highest BCUT2D eigenvalue weighted by Crippen LogP contribution is 2.37. The van der Waals surface area contributed by atoms with Crippen molar-refractivity contribution < 1.29 is 14.7 Å². The fraction of sp³-hybridized carbons (Fsp3) is 0.516. The van der Waals surface area contributed by atoms with Crippen molar-refractivity contribution in [3.63, 3.8) is 0 Å². The Labute approximate surface area is 221 Å². The third kappa shape index (κ3) is 6.67. The number of carbonyl (C=O) groups excluding carboxylic acids is 2. The summed E-state index contributed by atoms with van der Waals surface area (Å²) in [4.78, 5) is 34.3. The van der Waals surface area contributed by atoms with E-state index in [0.29, 0.717) is 25.3 Å².